The van der Waals surface area contributed by atoms with Gasteiger partial charge in [-0.05, 0) is 12.8 Å². The van der Waals surface area contributed by atoms with Crippen LogP contribution in [-0.2, 0) is 9.47 Å². The lowest BCUT2D eigenvalue weighted by molar-refractivity contribution is 0.0474. The third kappa shape index (κ3) is 11.6. The van der Waals surface area contributed by atoms with Gasteiger partial charge in [0.05, 0.1) is 39.6 Å². The topological polar surface area (TPSA) is 83.0 Å². The third-order valence-electron chi connectivity index (χ3n) is 3.16. The molecule has 0 fully saturated rings. The van der Waals surface area contributed by atoms with Crippen molar-refractivity contribution >= 4 is 0 Å². The minimum absolute atomic E-state index is 0.166. The van der Waals surface area contributed by atoms with Gasteiger partial charge in [-0.15, -0.1) is 0 Å². The molecule has 20 heavy (non-hydrogen) atoms. The van der Waals surface area contributed by atoms with Crippen LogP contribution in [0.15, 0.2) is 0 Å². The molecule has 0 heterocycles. The average Bonchev–Trinajstić information content (AvgIpc) is 2.49. The van der Waals surface area contributed by atoms with Crippen LogP contribution in [0.3, 0.4) is 0 Å². The van der Waals surface area contributed by atoms with Crippen molar-refractivity contribution in [2.75, 3.05) is 52.7 Å². The molecule has 0 aliphatic rings. The molecule has 0 spiro atoms. The van der Waals surface area contributed by atoms with Crippen molar-refractivity contribution < 1.29 is 19.7 Å². The second-order valence-electron chi connectivity index (χ2n) is 4.71. The van der Waals surface area contributed by atoms with E-state index >= 15 is 0 Å². The largest absolute Gasteiger partial charge is 0.395 e. The van der Waals surface area contributed by atoms with Gasteiger partial charge in [-0.2, -0.15) is 0 Å². The molecule has 4 N–H and O–H groups in total. The first-order valence-electron chi connectivity index (χ1n) is 7.62. The Morgan fingerprint density at radius 3 is 1.45 bits per heavy atom. The van der Waals surface area contributed by atoms with Crippen LogP contribution in [0.4, 0.5) is 0 Å². The summed E-state index contributed by atoms with van der Waals surface area (Å²) in [6.07, 6.45) is 1.83. The summed E-state index contributed by atoms with van der Waals surface area (Å²) >= 11 is 0. The maximum Gasteiger partial charge on any atom is 0.0701 e. The quantitative estimate of drug-likeness (QED) is 0.311. The Morgan fingerprint density at radius 2 is 1.15 bits per heavy atom. The zero-order chi connectivity index (χ0) is 15.1. The summed E-state index contributed by atoms with van der Waals surface area (Å²) in [5, 5.41) is 24.4. The number of aliphatic hydroxyl groups is 2. The first-order valence-corrected chi connectivity index (χ1v) is 7.62. The van der Waals surface area contributed by atoms with Crippen molar-refractivity contribution in [2.24, 2.45) is 0 Å². The summed E-state index contributed by atoms with van der Waals surface area (Å²) < 4.78 is 10.8. The molecule has 122 valence electrons. The van der Waals surface area contributed by atoms with Crippen LogP contribution >= 0.6 is 0 Å². The highest BCUT2D eigenvalue weighted by Gasteiger charge is 2.02. The van der Waals surface area contributed by atoms with Crippen LogP contribution in [0.25, 0.3) is 0 Å². The van der Waals surface area contributed by atoms with Gasteiger partial charge < -0.3 is 30.3 Å². The van der Waals surface area contributed by atoms with Gasteiger partial charge in [0.25, 0.3) is 0 Å². The van der Waals surface area contributed by atoms with Crippen LogP contribution in [0.1, 0.15) is 26.7 Å². The molecular weight excluding hydrogens is 260 g/mol. The predicted octanol–water partition coefficient (Wildman–Crippen LogP) is -0.259. The molecule has 0 amide bonds. The molecule has 6 heteroatoms. The van der Waals surface area contributed by atoms with Gasteiger partial charge >= 0.3 is 0 Å². The Morgan fingerprint density at radius 1 is 0.750 bits per heavy atom. The van der Waals surface area contributed by atoms with Crippen molar-refractivity contribution in [3.05, 3.63) is 0 Å². The predicted molar refractivity (Wildman–Crippen MR) is 80.0 cm³/mol. The van der Waals surface area contributed by atoms with Crippen LogP contribution in [0, 0.1) is 0 Å². The third-order valence-corrected chi connectivity index (χ3v) is 3.16. The number of hydrogen-bond acceptors (Lipinski definition) is 6. The van der Waals surface area contributed by atoms with E-state index in [0.29, 0.717) is 26.4 Å². The maximum atomic E-state index is 8.98. The molecule has 0 rings (SSSR count). The van der Waals surface area contributed by atoms with Crippen molar-refractivity contribution in [3.8, 4) is 0 Å². The molecule has 0 saturated heterocycles. The van der Waals surface area contributed by atoms with Gasteiger partial charge in [0, 0.05) is 25.2 Å². The number of ether oxygens (including phenoxy) is 2. The minimum Gasteiger partial charge on any atom is -0.395 e. The van der Waals surface area contributed by atoms with Crippen molar-refractivity contribution in [2.45, 2.75) is 38.8 Å². The van der Waals surface area contributed by atoms with Gasteiger partial charge in [0.15, 0.2) is 0 Å². The fourth-order valence-corrected chi connectivity index (χ4v) is 1.67. The highest BCUT2D eigenvalue weighted by molar-refractivity contribution is 4.62. The highest BCUT2D eigenvalue weighted by Crippen LogP contribution is 1.89. The molecule has 2 unspecified atom stereocenters. The fraction of sp³-hybridized carbons (Fsp3) is 1.00. The normalized spacial score (nSPS) is 14.4. The lowest BCUT2D eigenvalue weighted by Crippen LogP contribution is -2.35. The van der Waals surface area contributed by atoms with E-state index in [1.54, 1.807) is 0 Å². The number of nitrogens with one attached hydrogen (secondary N) is 2. The minimum atomic E-state index is 0.166. The van der Waals surface area contributed by atoms with E-state index in [0.717, 1.165) is 25.9 Å². The summed E-state index contributed by atoms with van der Waals surface area (Å²) in [5.74, 6) is 0. The summed E-state index contributed by atoms with van der Waals surface area (Å²) in [7, 11) is 0. The molecule has 0 aromatic carbocycles. The Bertz CT molecular complexity index is 168. The van der Waals surface area contributed by atoms with E-state index in [9.17, 15) is 0 Å². The zero-order valence-corrected chi connectivity index (χ0v) is 12.9. The van der Waals surface area contributed by atoms with E-state index in [-0.39, 0.29) is 25.3 Å². The van der Waals surface area contributed by atoms with Crippen LogP contribution in [0.2, 0.25) is 0 Å². The van der Waals surface area contributed by atoms with E-state index < -0.39 is 0 Å². The summed E-state index contributed by atoms with van der Waals surface area (Å²) in [5.41, 5.74) is 0. The zero-order valence-electron chi connectivity index (χ0n) is 12.9. The molecule has 0 saturated carbocycles. The first-order chi connectivity index (χ1) is 9.78. The smallest absolute Gasteiger partial charge is 0.0701 e. The Hall–Kier alpha value is -0.240. The standard InChI is InChI=1S/C14H32N2O4/c1-3-13(11-17)15-5-7-19-9-10-20-8-6-16-14(4-2)12-18/h13-18H,3-12H2,1-2H3. The van der Waals surface area contributed by atoms with Gasteiger partial charge in [-0.3, -0.25) is 0 Å². The molecule has 0 bridgehead atoms. The maximum absolute atomic E-state index is 8.98. The van der Waals surface area contributed by atoms with Crippen molar-refractivity contribution in [1.29, 1.82) is 0 Å². The summed E-state index contributed by atoms with van der Waals surface area (Å²) in [4.78, 5) is 0. The Balaban J connectivity index is 3.17. The molecule has 0 aliphatic heterocycles. The lowest BCUT2D eigenvalue weighted by Gasteiger charge is -2.14. The van der Waals surface area contributed by atoms with Crippen molar-refractivity contribution in [3.63, 3.8) is 0 Å². The number of hydrogen-bond donors (Lipinski definition) is 4. The van der Waals surface area contributed by atoms with Gasteiger partial charge in [0.2, 0.25) is 0 Å². The average molecular weight is 292 g/mol. The van der Waals surface area contributed by atoms with Crippen LogP contribution in [-0.4, -0.2) is 75.0 Å². The molecule has 0 aromatic heterocycles. The molecular formula is C14H32N2O4. The second-order valence-corrected chi connectivity index (χ2v) is 4.71. The molecule has 2 atom stereocenters. The molecule has 0 aliphatic carbocycles. The summed E-state index contributed by atoms with van der Waals surface area (Å²) in [6, 6.07) is 0.331. The van der Waals surface area contributed by atoms with Gasteiger partial charge in [-0.1, -0.05) is 13.8 Å². The van der Waals surface area contributed by atoms with Crippen molar-refractivity contribution in [1.82, 2.24) is 10.6 Å². The first kappa shape index (κ1) is 19.8. The second kappa shape index (κ2) is 15.2. The van der Waals surface area contributed by atoms with E-state index in [1.165, 1.54) is 0 Å². The highest BCUT2D eigenvalue weighted by atomic mass is 16.5. The van der Waals surface area contributed by atoms with E-state index in [2.05, 4.69) is 10.6 Å². The monoisotopic (exact) mass is 292 g/mol. The number of rotatable bonds is 15. The lowest BCUT2D eigenvalue weighted by atomic mass is 10.2. The Kier molecular flexibility index (Phi) is 15.0. The van der Waals surface area contributed by atoms with Crippen LogP contribution < -0.4 is 10.6 Å². The molecule has 6 nitrogen and oxygen atoms in total. The van der Waals surface area contributed by atoms with E-state index in [1.807, 2.05) is 13.8 Å². The molecule has 0 radical (unpaired) electrons. The van der Waals surface area contributed by atoms with E-state index in [4.69, 9.17) is 19.7 Å². The molecule has 0 aromatic rings. The number of aliphatic hydroxyl groups excluding tert-OH is 2. The van der Waals surface area contributed by atoms with Gasteiger partial charge in [-0.25, -0.2) is 0 Å². The summed E-state index contributed by atoms with van der Waals surface area (Å²) in [6.45, 7) is 8.31. The SMILES string of the molecule is CCC(CO)NCCOCCOCCNC(CC)CO. The van der Waals surface area contributed by atoms with Gasteiger partial charge in [0.1, 0.15) is 0 Å². The Labute approximate surface area is 122 Å². The van der Waals surface area contributed by atoms with Crippen LogP contribution in [0.5, 0.6) is 0 Å². The fourth-order valence-electron chi connectivity index (χ4n) is 1.67.